The minimum Gasteiger partial charge on any atom is -0.493 e. The number of ether oxygens (including phenoxy) is 3. The molecule has 0 saturated carbocycles. The third kappa shape index (κ3) is 5.02. The number of thioether (sulfide) groups is 1. The minimum atomic E-state index is -0.505. The predicted octanol–water partition coefficient (Wildman–Crippen LogP) is 6.05. The first-order chi connectivity index (χ1) is 17.1. The Morgan fingerprint density at radius 1 is 1.00 bits per heavy atom. The Hall–Kier alpha value is -3.78. The summed E-state index contributed by atoms with van der Waals surface area (Å²) < 4.78 is 17.6. The van der Waals surface area contributed by atoms with Crippen molar-refractivity contribution in [3.8, 4) is 28.6 Å². The van der Waals surface area contributed by atoms with Crippen molar-refractivity contribution in [1.29, 1.82) is 0 Å². The molecule has 1 aliphatic rings. The molecule has 7 nitrogen and oxygen atoms in total. The average molecular weight is 487 g/mol. The van der Waals surface area contributed by atoms with E-state index in [2.05, 4.69) is 46.7 Å². The number of nitrogens with one attached hydrogen (secondary N) is 1. The van der Waals surface area contributed by atoms with Crippen LogP contribution in [0.25, 0.3) is 11.3 Å². The Morgan fingerprint density at radius 3 is 2.63 bits per heavy atom. The normalized spacial score (nSPS) is 14.1. The summed E-state index contributed by atoms with van der Waals surface area (Å²) in [5, 5.41) is 12.9. The second-order valence-corrected chi connectivity index (χ2v) is 9.00. The number of aryl methyl sites for hydroxylation is 1. The fourth-order valence-electron chi connectivity index (χ4n) is 3.82. The van der Waals surface area contributed by atoms with E-state index >= 15 is 0 Å². The van der Waals surface area contributed by atoms with E-state index in [-0.39, 0.29) is 0 Å². The number of aromatic nitrogens is 3. The number of nitrogens with zero attached hydrogens (tertiary/aromatic N) is 3. The monoisotopic (exact) mass is 486 g/mol. The molecule has 3 aromatic carbocycles. The highest BCUT2D eigenvalue weighted by molar-refractivity contribution is 7.98. The maximum Gasteiger partial charge on any atom is 0.247 e. The molecule has 2 heterocycles. The lowest BCUT2D eigenvalue weighted by Gasteiger charge is -2.20. The summed E-state index contributed by atoms with van der Waals surface area (Å²) in [4.78, 5) is 4.74. The second-order valence-electron chi connectivity index (χ2n) is 8.05. The summed E-state index contributed by atoms with van der Waals surface area (Å²) in [5.41, 5.74) is 5.70. The van der Waals surface area contributed by atoms with Crippen LogP contribution in [-0.4, -0.2) is 28.9 Å². The molecular weight excluding hydrogens is 460 g/mol. The van der Waals surface area contributed by atoms with Crippen molar-refractivity contribution in [2.24, 2.45) is 0 Å². The summed E-state index contributed by atoms with van der Waals surface area (Å²) in [7, 11) is 1.63. The largest absolute Gasteiger partial charge is 0.493 e. The van der Waals surface area contributed by atoms with Gasteiger partial charge in [-0.2, -0.15) is 4.98 Å². The molecule has 1 atom stereocenters. The van der Waals surface area contributed by atoms with Gasteiger partial charge in [0.25, 0.3) is 0 Å². The molecule has 0 fully saturated rings. The Morgan fingerprint density at radius 2 is 1.83 bits per heavy atom. The van der Waals surface area contributed by atoms with E-state index in [0.29, 0.717) is 34.8 Å². The van der Waals surface area contributed by atoms with Crippen molar-refractivity contribution < 1.29 is 14.2 Å². The van der Waals surface area contributed by atoms with Crippen LogP contribution in [0, 0.1) is 6.92 Å². The Balaban J connectivity index is 1.48. The number of anilines is 1. The lowest BCUT2D eigenvalue weighted by atomic mass is 10.1. The third-order valence-electron chi connectivity index (χ3n) is 5.61. The summed E-state index contributed by atoms with van der Waals surface area (Å²) in [6.07, 6.45) is -0.505. The molecule has 1 aromatic heterocycles. The van der Waals surface area contributed by atoms with Gasteiger partial charge >= 0.3 is 0 Å². The van der Waals surface area contributed by atoms with E-state index in [4.69, 9.17) is 19.2 Å². The first kappa shape index (κ1) is 23.0. The summed E-state index contributed by atoms with van der Waals surface area (Å²) in [5.74, 6) is 2.51. The molecule has 1 unspecified atom stereocenters. The van der Waals surface area contributed by atoms with Gasteiger partial charge in [0.1, 0.15) is 0 Å². The van der Waals surface area contributed by atoms with Crippen LogP contribution < -0.4 is 19.5 Å². The first-order valence-corrected chi connectivity index (χ1v) is 12.4. The lowest BCUT2D eigenvalue weighted by molar-refractivity contribution is 0.224. The SMILES string of the molecule is CCOc1cc(C2Nc3ccccc3-c3nnc(SCc4ccc(C)cc4)nc3O2)ccc1OC. The van der Waals surface area contributed by atoms with E-state index in [1.54, 1.807) is 7.11 Å². The van der Waals surface area contributed by atoms with Crippen molar-refractivity contribution in [1.82, 2.24) is 15.2 Å². The molecule has 0 aliphatic carbocycles. The highest BCUT2D eigenvalue weighted by Gasteiger charge is 2.26. The molecular formula is C27H26N4O3S. The van der Waals surface area contributed by atoms with Gasteiger partial charge in [-0.3, -0.25) is 0 Å². The number of para-hydroxylation sites is 1. The van der Waals surface area contributed by atoms with Gasteiger partial charge in [0.15, 0.2) is 23.4 Å². The minimum absolute atomic E-state index is 0.433. The summed E-state index contributed by atoms with van der Waals surface area (Å²) >= 11 is 1.53. The molecule has 0 saturated heterocycles. The molecule has 178 valence electrons. The molecule has 35 heavy (non-hydrogen) atoms. The van der Waals surface area contributed by atoms with E-state index in [1.165, 1.54) is 22.9 Å². The average Bonchev–Trinajstić information content (AvgIpc) is 3.05. The van der Waals surface area contributed by atoms with Crippen LogP contribution in [0.15, 0.2) is 71.9 Å². The van der Waals surface area contributed by atoms with Crippen LogP contribution in [-0.2, 0) is 5.75 Å². The number of hydrogen-bond donors (Lipinski definition) is 1. The lowest BCUT2D eigenvalue weighted by Crippen LogP contribution is -2.17. The van der Waals surface area contributed by atoms with Crippen molar-refractivity contribution in [3.05, 3.63) is 83.4 Å². The first-order valence-electron chi connectivity index (χ1n) is 11.4. The van der Waals surface area contributed by atoms with Crippen molar-refractivity contribution in [3.63, 3.8) is 0 Å². The van der Waals surface area contributed by atoms with Crippen LogP contribution in [0.2, 0.25) is 0 Å². The zero-order valence-electron chi connectivity index (χ0n) is 19.8. The van der Waals surface area contributed by atoms with Gasteiger partial charge in [-0.05, 0) is 43.7 Å². The highest BCUT2D eigenvalue weighted by Crippen LogP contribution is 2.41. The van der Waals surface area contributed by atoms with Crippen LogP contribution in [0.3, 0.4) is 0 Å². The van der Waals surface area contributed by atoms with Gasteiger partial charge < -0.3 is 19.5 Å². The van der Waals surface area contributed by atoms with Crippen molar-refractivity contribution in [2.75, 3.05) is 19.0 Å². The van der Waals surface area contributed by atoms with Crippen LogP contribution in [0.1, 0.15) is 29.8 Å². The second kappa shape index (κ2) is 10.2. The number of hydrogen-bond acceptors (Lipinski definition) is 8. The Bertz CT molecular complexity index is 1330. The fraction of sp³-hybridized carbons (Fsp3) is 0.222. The van der Waals surface area contributed by atoms with Crippen LogP contribution >= 0.6 is 11.8 Å². The molecule has 0 amide bonds. The molecule has 0 spiro atoms. The number of fused-ring (bicyclic) bond motifs is 3. The van der Waals surface area contributed by atoms with Crippen molar-refractivity contribution >= 4 is 17.4 Å². The summed E-state index contributed by atoms with van der Waals surface area (Å²) in [6, 6.07) is 22.1. The maximum atomic E-state index is 6.41. The van der Waals surface area contributed by atoms with E-state index in [1.807, 2.05) is 49.4 Å². The molecule has 8 heteroatoms. The van der Waals surface area contributed by atoms with Gasteiger partial charge in [0.05, 0.1) is 13.7 Å². The summed E-state index contributed by atoms with van der Waals surface area (Å²) in [6.45, 7) is 4.55. The van der Waals surface area contributed by atoms with Gasteiger partial charge in [0, 0.05) is 22.6 Å². The zero-order valence-corrected chi connectivity index (χ0v) is 20.6. The van der Waals surface area contributed by atoms with E-state index in [9.17, 15) is 0 Å². The smallest absolute Gasteiger partial charge is 0.247 e. The molecule has 1 N–H and O–H groups in total. The van der Waals surface area contributed by atoms with Gasteiger partial charge in [-0.25, -0.2) is 0 Å². The van der Waals surface area contributed by atoms with Crippen molar-refractivity contribution in [2.45, 2.75) is 31.0 Å². The van der Waals surface area contributed by atoms with Gasteiger partial charge in [-0.15, -0.1) is 10.2 Å². The van der Waals surface area contributed by atoms with Gasteiger partial charge in [0.2, 0.25) is 11.0 Å². The number of rotatable bonds is 7. The van der Waals surface area contributed by atoms with E-state index < -0.39 is 6.23 Å². The van der Waals surface area contributed by atoms with E-state index in [0.717, 1.165) is 22.6 Å². The molecule has 4 aromatic rings. The zero-order chi connectivity index (χ0) is 24.2. The quantitative estimate of drug-likeness (QED) is 0.316. The molecule has 0 radical (unpaired) electrons. The number of benzene rings is 3. The maximum absolute atomic E-state index is 6.41. The molecule has 1 aliphatic heterocycles. The molecule has 0 bridgehead atoms. The number of methoxy groups -OCH3 is 1. The topological polar surface area (TPSA) is 78.4 Å². The predicted molar refractivity (Wildman–Crippen MR) is 137 cm³/mol. The Labute approximate surface area is 208 Å². The highest BCUT2D eigenvalue weighted by atomic mass is 32.2. The van der Waals surface area contributed by atoms with Crippen LogP contribution in [0.4, 0.5) is 5.69 Å². The van der Waals surface area contributed by atoms with Crippen LogP contribution in [0.5, 0.6) is 17.4 Å². The fourth-order valence-corrected chi connectivity index (χ4v) is 4.55. The standard InChI is InChI=1S/C27H26N4O3S/c1-4-33-23-15-19(13-14-22(23)32-3)25-28-21-8-6-5-7-20(21)24-26(34-25)29-27(31-30-24)35-16-18-11-9-17(2)10-12-18/h5-15,25,28H,4,16H2,1-3H3. The third-order valence-corrected chi connectivity index (χ3v) is 6.52. The van der Waals surface area contributed by atoms with Gasteiger partial charge in [-0.1, -0.05) is 59.8 Å². The molecule has 5 rings (SSSR count). The Kier molecular flexibility index (Phi) is 6.72.